The number of carbonyl (C=O) groups is 1. The monoisotopic (exact) mass is 490 g/mol. The zero-order valence-corrected chi connectivity index (χ0v) is 21.0. The molecule has 0 aliphatic heterocycles. The molecule has 0 aromatic carbocycles. The molecule has 0 bridgehead atoms. The third-order valence-electron chi connectivity index (χ3n) is 6.18. The van der Waals surface area contributed by atoms with Crippen LogP contribution in [0.15, 0.2) is 36.7 Å². The second-order valence-corrected chi connectivity index (χ2v) is 10.2. The molecule has 0 radical (unpaired) electrons. The third kappa shape index (κ3) is 4.74. The van der Waals surface area contributed by atoms with E-state index in [0.29, 0.717) is 47.6 Å². The Balaban J connectivity index is 1.39. The molecular weight excluding hydrogens is 460 g/mol. The molecule has 4 heterocycles. The van der Waals surface area contributed by atoms with Gasteiger partial charge in [0.25, 0.3) is 0 Å². The van der Waals surface area contributed by atoms with Gasteiger partial charge < -0.3 is 25.0 Å². The van der Waals surface area contributed by atoms with Gasteiger partial charge >= 0.3 is 0 Å². The Hall–Kier alpha value is -3.99. The summed E-state index contributed by atoms with van der Waals surface area (Å²) in [6.45, 7) is 7.89. The van der Waals surface area contributed by atoms with E-state index in [0.717, 1.165) is 11.2 Å². The van der Waals surface area contributed by atoms with Gasteiger partial charge in [-0.15, -0.1) is 0 Å². The van der Waals surface area contributed by atoms with E-state index in [1.54, 1.807) is 30.6 Å². The molecule has 36 heavy (non-hydrogen) atoms. The second-order valence-electron chi connectivity index (χ2n) is 10.2. The predicted molar refractivity (Wildman–Crippen MR) is 136 cm³/mol. The molecule has 0 unspecified atom stereocenters. The number of hydrogen-bond acceptors (Lipinski definition) is 8. The number of nitrogens with zero attached hydrogens (tertiary/aromatic N) is 6. The van der Waals surface area contributed by atoms with E-state index in [4.69, 9.17) is 9.84 Å². The number of fused-ring (bicyclic) bond motifs is 1. The summed E-state index contributed by atoms with van der Waals surface area (Å²) in [5.74, 6) is 2.41. The number of aromatic nitrogens is 6. The molecule has 3 N–H and O–H groups in total. The molecule has 5 rings (SSSR count). The minimum Gasteiger partial charge on any atom is -0.439 e. The molecule has 1 aliphatic carbocycles. The fraction of sp³-hybridized carbons (Fsp3) is 0.400. The van der Waals surface area contributed by atoms with Crippen LogP contribution >= 0.6 is 0 Å². The minimum absolute atomic E-state index is 0.0945. The number of hydrogen-bond donors (Lipinski definition) is 3. The normalized spacial score (nSPS) is 17.6. The average molecular weight is 491 g/mol. The lowest BCUT2D eigenvalue weighted by molar-refractivity contribution is -0.114. The number of aliphatic hydroxyl groups is 1. The first kappa shape index (κ1) is 23.7. The van der Waals surface area contributed by atoms with Crippen LogP contribution in [0.3, 0.4) is 0 Å². The topological polar surface area (TPSA) is 132 Å². The number of rotatable bonds is 6. The van der Waals surface area contributed by atoms with E-state index in [9.17, 15) is 9.90 Å². The molecule has 1 amide bonds. The highest BCUT2D eigenvalue weighted by molar-refractivity contribution is 5.87. The first-order chi connectivity index (χ1) is 17.1. The quantitative estimate of drug-likeness (QED) is 0.369. The Morgan fingerprint density at radius 1 is 1.17 bits per heavy atom. The smallest absolute Gasteiger partial charge is 0.222 e. The van der Waals surface area contributed by atoms with Crippen LogP contribution in [0.5, 0.6) is 11.6 Å². The number of imidazole rings is 1. The molecule has 0 spiro atoms. The summed E-state index contributed by atoms with van der Waals surface area (Å²) in [7, 11) is 1.91. The first-order valence-electron chi connectivity index (χ1n) is 11.9. The summed E-state index contributed by atoms with van der Waals surface area (Å²) in [6.07, 6.45) is 4.39. The maximum absolute atomic E-state index is 11.3. The van der Waals surface area contributed by atoms with Crippen molar-refractivity contribution in [3.63, 3.8) is 0 Å². The highest BCUT2D eigenvalue weighted by Crippen LogP contribution is 2.37. The molecule has 1 aliphatic rings. The van der Waals surface area contributed by atoms with Crippen molar-refractivity contribution in [2.24, 2.45) is 7.05 Å². The summed E-state index contributed by atoms with van der Waals surface area (Å²) >= 11 is 0. The maximum atomic E-state index is 11.3. The van der Waals surface area contributed by atoms with Crippen LogP contribution in [0.25, 0.3) is 11.0 Å². The highest BCUT2D eigenvalue weighted by atomic mass is 16.5. The molecular formula is C25H30N8O3. The van der Waals surface area contributed by atoms with Crippen LogP contribution in [0.1, 0.15) is 52.3 Å². The fourth-order valence-corrected chi connectivity index (χ4v) is 4.26. The van der Waals surface area contributed by atoms with E-state index < -0.39 is 0 Å². The lowest BCUT2D eigenvalue weighted by Crippen LogP contribution is -2.34. The molecule has 188 valence electrons. The van der Waals surface area contributed by atoms with E-state index in [1.807, 2.05) is 22.4 Å². The van der Waals surface area contributed by atoms with Gasteiger partial charge in [0.05, 0.1) is 23.9 Å². The number of aryl methyl sites for hydroxylation is 1. The third-order valence-corrected chi connectivity index (χ3v) is 6.18. The van der Waals surface area contributed by atoms with E-state index in [2.05, 4.69) is 46.4 Å². The summed E-state index contributed by atoms with van der Waals surface area (Å²) in [5, 5.41) is 20.6. The van der Waals surface area contributed by atoms with Gasteiger partial charge in [-0.05, 0) is 18.9 Å². The maximum Gasteiger partial charge on any atom is 0.222 e. The first-order valence-corrected chi connectivity index (χ1v) is 11.9. The second kappa shape index (κ2) is 8.90. The van der Waals surface area contributed by atoms with Crippen LogP contribution < -0.4 is 15.4 Å². The SMILES string of the molecule is CC(=O)Nc1cc(Oc2cc3c(cn2)nc(Nc2cc(C(C)(C)C)n(C4CC(O)C4)n2)n3C)ccn1. The summed E-state index contributed by atoms with van der Waals surface area (Å²) in [4.78, 5) is 24.5. The van der Waals surface area contributed by atoms with Crippen LogP contribution in [0.4, 0.5) is 17.6 Å². The molecule has 11 nitrogen and oxygen atoms in total. The fourth-order valence-electron chi connectivity index (χ4n) is 4.26. The van der Waals surface area contributed by atoms with Crippen molar-refractivity contribution in [2.75, 3.05) is 10.6 Å². The zero-order valence-electron chi connectivity index (χ0n) is 21.0. The van der Waals surface area contributed by atoms with Gasteiger partial charge in [0.15, 0.2) is 5.82 Å². The number of pyridine rings is 2. The molecule has 0 atom stereocenters. The van der Waals surface area contributed by atoms with Crippen molar-refractivity contribution in [2.45, 2.75) is 58.1 Å². The number of anilines is 3. The number of ether oxygens (including phenoxy) is 1. The number of aliphatic hydroxyl groups excluding tert-OH is 1. The van der Waals surface area contributed by atoms with Crippen molar-refractivity contribution in [3.8, 4) is 11.6 Å². The highest BCUT2D eigenvalue weighted by Gasteiger charge is 2.33. The lowest BCUT2D eigenvalue weighted by atomic mass is 9.87. The van der Waals surface area contributed by atoms with Crippen LogP contribution in [0.2, 0.25) is 0 Å². The van der Waals surface area contributed by atoms with Gasteiger partial charge in [-0.2, -0.15) is 5.10 Å². The van der Waals surface area contributed by atoms with Crippen molar-refractivity contribution in [3.05, 3.63) is 42.4 Å². The molecule has 1 saturated carbocycles. The van der Waals surface area contributed by atoms with Gasteiger partial charge in [0, 0.05) is 49.5 Å². The van der Waals surface area contributed by atoms with Gasteiger partial charge in [-0.25, -0.2) is 15.0 Å². The van der Waals surface area contributed by atoms with Gasteiger partial charge in [0.1, 0.15) is 17.1 Å². The Labute approximate surface area is 208 Å². The molecule has 0 saturated heterocycles. The number of carbonyl (C=O) groups excluding carboxylic acids is 1. The van der Waals surface area contributed by atoms with Crippen LogP contribution in [-0.2, 0) is 17.3 Å². The van der Waals surface area contributed by atoms with Crippen LogP contribution in [0, 0.1) is 0 Å². The molecule has 4 aromatic rings. The van der Waals surface area contributed by atoms with Crippen molar-refractivity contribution in [1.82, 2.24) is 29.3 Å². The predicted octanol–water partition coefficient (Wildman–Crippen LogP) is 4.05. The Kier molecular flexibility index (Phi) is 5.87. The van der Waals surface area contributed by atoms with Crippen LogP contribution in [-0.4, -0.2) is 46.4 Å². The molecule has 11 heteroatoms. The Morgan fingerprint density at radius 3 is 2.64 bits per heavy atom. The van der Waals surface area contributed by atoms with Gasteiger partial charge in [0.2, 0.25) is 17.7 Å². The van der Waals surface area contributed by atoms with Gasteiger partial charge in [-0.1, -0.05) is 20.8 Å². The van der Waals surface area contributed by atoms with E-state index in [1.165, 1.54) is 6.92 Å². The minimum atomic E-state index is -0.253. The number of amides is 1. The van der Waals surface area contributed by atoms with E-state index >= 15 is 0 Å². The zero-order chi connectivity index (χ0) is 25.6. The standard InChI is InChI=1S/C25H30N8O3/c1-14(34)28-21-10-17(6-7-26-21)36-23-11-19-18(13-27-23)29-24(32(19)5)30-22-12-20(25(2,3)4)33(31-22)15-8-16(35)9-15/h6-7,10-13,15-16,35H,8-9H2,1-5H3,(H,26,28,34)(H,29,30,31). The van der Waals surface area contributed by atoms with Crippen molar-refractivity contribution < 1.29 is 14.6 Å². The summed E-state index contributed by atoms with van der Waals surface area (Å²) in [6, 6.07) is 7.38. The average Bonchev–Trinajstić information content (AvgIpc) is 3.33. The largest absolute Gasteiger partial charge is 0.439 e. The molecule has 4 aromatic heterocycles. The van der Waals surface area contributed by atoms with E-state index in [-0.39, 0.29) is 23.5 Å². The molecule has 1 fully saturated rings. The Morgan fingerprint density at radius 2 is 1.94 bits per heavy atom. The van der Waals surface area contributed by atoms with Crippen molar-refractivity contribution >= 4 is 34.5 Å². The van der Waals surface area contributed by atoms with Gasteiger partial charge in [-0.3, -0.25) is 9.48 Å². The summed E-state index contributed by atoms with van der Waals surface area (Å²) < 4.78 is 9.86. The lowest BCUT2D eigenvalue weighted by Gasteiger charge is -2.34. The number of nitrogens with one attached hydrogen (secondary N) is 2. The Bertz CT molecular complexity index is 1430. The summed E-state index contributed by atoms with van der Waals surface area (Å²) in [5.41, 5.74) is 2.55. The van der Waals surface area contributed by atoms with Crippen molar-refractivity contribution in [1.29, 1.82) is 0 Å².